The van der Waals surface area contributed by atoms with Gasteiger partial charge in [0.1, 0.15) is 4.32 Å². The quantitative estimate of drug-likeness (QED) is 0.442. The average molecular weight is 470 g/mol. The molecule has 2 fully saturated rings. The lowest BCUT2D eigenvalue weighted by molar-refractivity contribution is -0.123. The van der Waals surface area contributed by atoms with E-state index in [1.165, 1.54) is 11.8 Å². The van der Waals surface area contributed by atoms with E-state index in [4.69, 9.17) is 12.2 Å². The highest BCUT2D eigenvalue weighted by atomic mass is 32.2. The maximum absolute atomic E-state index is 13.7. The molecule has 1 aromatic carbocycles. The lowest BCUT2D eigenvalue weighted by Gasteiger charge is -2.34. The number of thioether (sulfide) groups is 1. The molecule has 5 nitrogen and oxygen atoms in total. The lowest BCUT2D eigenvalue weighted by atomic mass is 9.97. The molecule has 2 aliphatic heterocycles. The van der Waals surface area contributed by atoms with Crippen LogP contribution in [-0.2, 0) is 11.3 Å². The molecule has 2 aromatic rings. The molecule has 0 saturated carbocycles. The summed E-state index contributed by atoms with van der Waals surface area (Å²) in [6.45, 7) is 10.7. The summed E-state index contributed by atoms with van der Waals surface area (Å²) in [4.78, 5) is 31.5. The van der Waals surface area contributed by atoms with Gasteiger partial charge >= 0.3 is 0 Å². The third-order valence-electron chi connectivity index (χ3n) is 6.73. The van der Waals surface area contributed by atoms with Crippen molar-refractivity contribution < 1.29 is 4.79 Å². The van der Waals surface area contributed by atoms with Crippen LogP contribution in [0.4, 0.5) is 5.69 Å². The Labute approximate surface area is 199 Å². The van der Waals surface area contributed by atoms with Crippen LogP contribution >= 0.6 is 24.0 Å². The molecule has 7 heteroatoms. The molecule has 3 heterocycles. The molecule has 0 bridgehead atoms. The summed E-state index contributed by atoms with van der Waals surface area (Å²) in [6, 6.07) is 8.15. The van der Waals surface area contributed by atoms with E-state index < -0.39 is 0 Å². The number of rotatable bonds is 5. The first-order valence-electron chi connectivity index (χ1n) is 11.5. The van der Waals surface area contributed by atoms with Gasteiger partial charge in [-0.15, -0.1) is 0 Å². The van der Waals surface area contributed by atoms with Crippen LogP contribution < -0.4 is 10.5 Å². The van der Waals surface area contributed by atoms with Crippen molar-refractivity contribution in [2.45, 2.75) is 59.5 Å². The second kappa shape index (κ2) is 9.40. The zero-order valence-electron chi connectivity index (χ0n) is 19.3. The van der Waals surface area contributed by atoms with Crippen molar-refractivity contribution in [1.82, 2.24) is 9.47 Å². The fourth-order valence-electron chi connectivity index (χ4n) is 4.60. The monoisotopic (exact) mass is 469 g/mol. The summed E-state index contributed by atoms with van der Waals surface area (Å²) >= 11 is 6.82. The highest BCUT2D eigenvalue weighted by molar-refractivity contribution is 8.26. The number of piperidine rings is 1. The molecule has 32 heavy (non-hydrogen) atoms. The molecule has 0 radical (unpaired) electrons. The molecule has 1 aromatic heterocycles. The van der Waals surface area contributed by atoms with Gasteiger partial charge in [-0.3, -0.25) is 14.5 Å². The van der Waals surface area contributed by atoms with Crippen LogP contribution in [0.2, 0.25) is 0 Å². The van der Waals surface area contributed by atoms with E-state index >= 15 is 0 Å². The Morgan fingerprint density at radius 1 is 1.19 bits per heavy atom. The number of carbonyl (C=O) groups is 1. The third-order valence-corrected chi connectivity index (χ3v) is 8.06. The summed E-state index contributed by atoms with van der Waals surface area (Å²) in [5.74, 6) is 0.590. The standard InChI is InChI=1S/C25H31N3O2S2/c1-5-17(4)28-24(30)21(32-25(28)31)15-19-22(26-13-11-16(3)12-14-26)18-9-7-8-10-20(18)27(6-2)23(19)29/h7-10,15-17H,5-6,11-14H2,1-4H3. The van der Waals surface area contributed by atoms with Crippen molar-refractivity contribution in [3.63, 3.8) is 0 Å². The summed E-state index contributed by atoms with van der Waals surface area (Å²) in [5, 5.41) is 1.06. The van der Waals surface area contributed by atoms with Crippen LogP contribution in [0, 0.1) is 5.92 Å². The predicted octanol–water partition coefficient (Wildman–Crippen LogP) is 5.26. The van der Waals surface area contributed by atoms with Gasteiger partial charge in [0.25, 0.3) is 11.5 Å². The molecule has 170 valence electrons. The summed E-state index contributed by atoms with van der Waals surface area (Å²) in [7, 11) is 0. The molecule has 4 rings (SSSR count). The molecule has 2 aliphatic rings. The van der Waals surface area contributed by atoms with Crippen LogP contribution in [0.25, 0.3) is 17.0 Å². The van der Waals surface area contributed by atoms with E-state index in [0.717, 1.165) is 48.9 Å². The fraction of sp³-hybridized carbons (Fsp3) is 0.480. The SMILES string of the molecule is CCC(C)N1C(=O)C(=Cc2c(N3CCC(C)CC3)c3ccccc3n(CC)c2=O)SC1=S. The maximum Gasteiger partial charge on any atom is 0.266 e. The normalized spacial score (nSPS) is 20.1. The lowest BCUT2D eigenvalue weighted by Crippen LogP contribution is -2.36. The predicted molar refractivity (Wildman–Crippen MR) is 139 cm³/mol. The first kappa shape index (κ1) is 23.1. The molecule has 0 spiro atoms. The van der Waals surface area contributed by atoms with Crippen molar-refractivity contribution in [3.8, 4) is 0 Å². The van der Waals surface area contributed by atoms with Gasteiger partial charge in [-0.25, -0.2) is 0 Å². The number of nitrogens with zero attached hydrogens (tertiary/aromatic N) is 3. The highest BCUT2D eigenvalue weighted by Crippen LogP contribution is 2.38. The fourth-order valence-corrected chi connectivity index (χ4v) is 6.04. The smallest absolute Gasteiger partial charge is 0.266 e. The van der Waals surface area contributed by atoms with Gasteiger partial charge in [-0.05, 0) is 51.2 Å². The minimum atomic E-state index is -0.0943. The van der Waals surface area contributed by atoms with Crippen LogP contribution in [-0.4, -0.2) is 38.8 Å². The van der Waals surface area contributed by atoms with Crippen molar-refractivity contribution >= 4 is 56.9 Å². The van der Waals surface area contributed by atoms with Crippen molar-refractivity contribution in [2.75, 3.05) is 18.0 Å². The molecule has 1 amide bonds. The molecular formula is C25H31N3O2S2. The number of para-hydroxylation sites is 1. The second-order valence-corrected chi connectivity index (χ2v) is 10.5. The van der Waals surface area contributed by atoms with Crippen LogP contribution in [0.15, 0.2) is 34.0 Å². The number of hydrogen-bond donors (Lipinski definition) is 0. The van der Waals surface area contributed by atoms with Crippen molar-refractivity contribution in [2.24, 2.45) is 5.92 Å². The molecule has 1 unspecified atom stereocenters. The van der Waals surface area contributed by atoms with Crippen LogP contribution in [0.5, 0.6) is 0 Å². The number of carbonyl (C=O) groups excluding carboxylic acids is 1. The number of thiocarbonyl (C=S) groups is 1. The van der Waals surface area contributed by atoms with Gasteiger partial charge in [0.05, 0.1) is 21.7 Å². The Morgan fingerprint density at radius 3 is 2.53 bits per heavy atom. The summed E-state index contributed by atoms with van der Waals surface area (Å²) in [5.41, 5.74) is 2.45. The van der Waals surface area contributed by atoms with E-state index in [-0.39, 0.29) is 17.5 Å². The van der Waals surface area contributed by atoms with Crippen LogP contribution in [0.3, 0.4) is 0 Å². The van der Waals surface area contributed by atoms with Crippen LogP contribution in [0.1, 0.15) is 52.5 Å². The highest BCUT2D eigenvalue weighted by Gasteiger charge is 2.35. The Balaban J connectivity index is 1.92. The minimum Gasteiger partial charge on any atom is -0.370 e. The minimum absolute atomic E-state index is 0.0420. The second-order valence-electron chi connectivity index (χ2n) is 8.81. The number of fused-ring (bicyclic) bond motifs is 1. The summed E-state index contributed by atoms with van der Waals surface area (Å²) < 4.78 is 2.38. The molecule has 0 aliphatic carbocycles. The number of aromatic nitrogens is 1. The zero-order chi connectivity index (χ0) is 23.0. The number of benzene rings is 1. The molecular weight excluding hydrogens is 438 g/mol. The average Bonchev–Trinajstić information content (AvgIpc) is 3.07. The Bertz CT molecular complexity index is 1150. The summed E-state index contributed by atoms with van der Waals surface area (Å²) in [6.07, 6.45) is 4.83. The Morgan fingerprint density at radius 2 is 1.88 bits per heavy atom. The number of aryl methyl sites for hydroxylation is 1. The zero-order valence-corrected chi connectivity index (χ0v) is 20.9. The third kappa shape index (κ3) is 4.01. The molecule has 0 N–H and O–H groups in total. The maximum atomic E-state index is 13.7. The Hall–Kier alpha value is -2.12. The van der Waals surface area contributed by atoms with Gasteiger partial charge in [0.2, 0.25) is 0 Å². The first-order valence-corrected chi connectivity index (χ1v) is 12.8. The molecule has 1 atom stereocenters. The number of pyridine rings is 1. The molecule has 2 saturated heterocycles. The van der Waals surface area contributed by atoms with Crippen molar-refractivity contribution in [1.29, 1.82) is 0 Å². The van der Waals surface area contributed by atoms with E-state index in [1.54, 1.807) is 11.0 Å². The number of amides is 1. The Kier molecular flexibility index (Phi) is 6.77. The van der Waals surface area contributed by atoms with Crippen molar-refractivity contribution in [3.05, 3.63) is 45.1 Å². The largest absolute Gasteiger partial charge is 0.370 e. The van der Waals surface area contributed by atoms with E-state index in [2.05, 4.69) is 17.9 Å². The van der Waals surface area contributed by atoms with E-state index in [0.29, 0.717) is 27.3 Å². The first-order chi connectivity index (χ1) is 15.4. The topological polar surface area (TPSA) is 45.6 Å². The van der Waals surface area contributed by atoms with E-state index in [9.17, 15) is 9.59 Å². The van der Waals surface area contributed by atoms with Gasteiger partial charge < -0.3 is 9.47 Å². The van der Waals surface area contributed by atoms with Gasteiger partial charge in [0.15, 0.2) is 0 Å². The van der Waals surface area contributed by atoms with Gasteiger partial charge in [-0.1, -0.05) is 56.0 Å². The number of anilines is 1. The van der Waals surface area contributed by atoms with Gasteiger partial charge in [-0.2, -0.15) is 0 Å². The van der Waals surface area contributed by atoms with Gasteiger partial charge in [0, 0.05) is 31.1 Å². The van der Waals surface area contributed by atoms with E-state index in [1.807, 2.05) is 43.5 Å². The number of hydrogen-bond acceptors (Lipinski definition) is 5.